The van der Waals surface area contributed by atoms with Crippen molar-refractivity contribution in [3.8, 4) is 0 Å². The molecular weight excluding hydrogens is 188 g/mol. The summed E-state index contributed by atoms with van der Waals surface area (Å²) in [5, 5.41) is 2.58. The molecule has 0 radical (unpaired) electrons. The highest BCUT2D eigenvalue weighted by Crippen LogP contribution is 2.22. The van der Waals surface area contributed by atoms with Gasteiger partial charge in [0.25, 0.3) is 0 Å². The zero-order valence-corrected chi connectivity index (χ0v) is 8.31. The van der Waals surface area contributed by atoms with Crippen molar-refractivity contribution in [2.45, 2.75) is 12.8 Å². The molecule has 1 N–H and O–H groups in total. The average molecular weight is 200 g/mol. The number of amides is 1. The lowest BCUT2D eigenvalue weighted by molar-refractivity contribution is -0.108. The van der Waals surface area contributed by atoms with E-state index in [1.165, 1.54) is 11.1 Å². The number of allylic oxidation sites excluding steroid dienone is 1. The second-order valence-corrected chi connectivity index (χ2v) is 3.36. The van der Waals surface area contributed by atoms with Crippen LogP contribution in [0.25, 0.3) is 5.57 Å². The van der Waals surface area contributed by atoms with Crippen molar-refractivity contribution >= 4 is 17.8 Å². The summed E-state index contributed by atoms with van der Waals surface area (Å²) in [5.74, 6) is 0.740. The molecule has 1 amide bonds. The lowest BCUT2D eigenvalue weighted by atomic mass is 10.0. The van der Waals surface area contributed by atoms with Crippen LogP contribution < -0.4 is 5.32 Å². The highest BCUT2D eigenvalue weighted by molar-refractivity contribution is 5.93. The molecule has 76 valence electrons. The van der Waals surface area contributed by atoms with Crippen LogP contribution in [-0.2, 0) is 4.79 Å². The molecule has 0 aliphatic carbocycles. The fourth-order valence-corrected chi connectivity index (χ4v) is 1.59. The molecule has 3 heteroatoms. The van der Waals surface area contributed by atoms with Gasteiger partial charge in [-0.25, -0.2) is 4.99 Å². The number of nitrogens with one attached hydrogen (secondary N) is 1. The molecule has 1 aromatic rings. The first-order valence-electron chi connectivity index (χ1n) is 4.91. The standard InChI is InChI=1S/C12H12N2O/c15-9-14-12-7-6-11(8-13-12)10-4-2-1-3-5-10/h1-5,8-9H,6-7H2,(H,13,14,15). The van der Waals surface area contributed by atoms with E-state index in [0.29, 0.717) is 6.41 Å². The molecule has 0 bridgehead atoms. The molecule has 0 unspecified atom stereocenters. The van der Waals surface area contributed by atoms with Crippen LogP contribution in [0, 0.1) is 0 Å². The first-order chi connectivity index (χ1) is 7.40. The average Bonchev–Trinajstić information content (AvgIpc) is 2.32. The predicted octanol–water partition coefficient (Wildman–Crippen LogP) is 1.97. The Hall–Kier alpha value is -1.90. The summed E-state index contributed by atoms with van der Waals surface area (Å²) < 4.78 is 0. The number of nitrogens with zero attached hydrogens (tertiary/aromatic N) is 1. The van der Waals surface area contributed by atoms with E-state index >= 15 is 0 Å². The van der Waals surface area contributed by atoms with Crippen molar-refractivity contribution in [2.75, 3.05) is 0 Å². The third kappa shape index (κ3) is 2.31. The van der Waals surface area contributed by atoms with Gasteiger partial charge in [-0.15, -0.1) is 0 Å². The van der Waals surface area contributed by atoms with Crippen LogP contribution in [0.3, 0.4) is 0 Å². The maximum absolute atomic E-state index is 10.2. The van der Waals surface area contributed by atoms with E-state index in [0.717, 1.165) is 18.7 Å². The molecular formula is C12H12N2O. The Morgan fingerprint density at radius 1 is 1.20 bits per heavy atom. The van der Waals surface area contributed by atoms with E-state index in [2.05, 4.69) is 22.4 Å². The maximum atomic E-state index is 10.2. The fraction of sp³-hybridized carbons (Fsp3) is 0.167. The quantitative estimate of drug-likeness (QED) is 0.728. The van der Waals surface area contributed by atoms with Crippen LogP contribution in [0.15, 0.2) is 41.5 Å². The number of amidine groups is 1. The van der Waals surface area contributed by atoms with Crippen LogP contribution >= 0.6 is 0 Å². The molecule has 0 spiro atoms. The maximum Gasteiger partial charge on any atom is 0.212 e. The topological polar surface area (TPSA) is 41.5 Å². The van der Waals surface area contributed by atoms with E-state index < -0.39 is 0 Å². The van der Waals surface area contributed by atoms with Crippen molar-refractivity contribution < 1.29 is 4.79 Å². The Morgan fingerprint density at radius 3 is 2.60 bits per heavy atom. The molecule has 0 atom stereocenters. The lowest BCUT2D eigenvalue weighted by Crippen LogP contribution is -2.22. The Kier molecular flexibility index (Phi) is 2.93. The van der Waals surface area contributed by atoms with Gasteiger partial charge in [0, 0.05) is 12.6 Å². The van der Waals surface area contributed by atoms with Gasteiger partial charge in [-0.1, -0.05) is 30.3 Å². The molecule has 0 saturated carbocycles. The van der Waals surface area contributed by atoms with Crippen molar-refractivity contribution in [1.29, 1.82) is 0 Å². The van der Waals surface area contributed by atoms with Crippen molar-refractivity contribution in [2.24, 2.45) is 4.99 Å². The van der Waals surface area contributed by atoms with Crippen molar-refractivity contribution in [3.63, 3.8) is 0 Å². The zero-order chi connectivity index (χ0) is 10.5. The van der Waals surface area contributed by atoms with Crippen LogP contribution in [0.1, 0.15) is 18.4 Å². The van der Waals surface area contributed by atoms with Crippen LogP contribution in [0.4, 0.5) is 0 Å². The summed E-state index contributed by atoms with van der Waals surface area (Å²) >= 11 is 0. The van der Waals surface area contributed by atoms with E-state index in [-0.39, 0.29) is 0 Å². The van der Waals surface area contributed by atoms with Gasteiger partial charge in [0.05, 0.1) is 0 Å². The van der Waals surface area contributed by atoms with Gasteiger partial charge in [0.1, 0.15) is 5.84 Å². The summed E-state index contributed by atoms with van der Waals surface area (Å²) in [5.41, 5.74) is 2.42. The van der Waals surface area contributed by atoms with E-state index in [1.807, 2.05) is 24.4 Å². The minimum absolute atomic E-state index is 0.667. The summed E-state index contributed by atoms with van der Waals surface area (Å²) in [6.07, 6.45) is 4.20. The largest absolute Gasteiger partial charge is 0.317 e. The molecule has 0 saturated heterocycles. The predicted molar refractivity (Wildman–Crippen MR) is 60.3 cm³/mol. The highest BCUT2D eigenvalue weighted by atomic mass is 16.1. The number of carbonyl (C=O) groups is 1. The number of hydrogen-bond acceptors (Lipinski definition) is 2. The first-order valence-corrected chi connectivity index (χ1v) is 4.91. The normalized spacial score (nSPS) is 15.2. The van der Waals surface area contributed by atoms with Gasteiger partial charge in [-0.05, 0) is 17.6 Å². The SMILES string of the molecule is O=CNC1=NC=C(c2ccccc2)CC1. The van der Waals surface area contributed by atoms with Gasteiger partial charge >= 0.3 is 0 Å². The van der Waals surface area contributed by atoms with Gasteiger partial charge in [-0.3, -0.25) is 4.79 Å². The van der Waals surface area contributed by atoms with Crippen LogP contribution in [-0.4, -0.2) is 12.2 Å². The van der Waals surface area contributed by atoms with Gasteiger partial charge in [0.15, 0.2) is 0 Å². The molecule has 3 nitrogen and oxygen atoms in total. The number of rotatable bonds is 2. The minimum atomic E-state index is 0.667. The summed E-state index contributed by atoms with van der Waals surface area (Å²) in [6, 6.07) is 10.2. The van der Waals surface area contributed by atoms with Gasteiger partial charge in [0.2, 0.25) is 6.41 Å². The van der Waals surface area contributed by atoms with Crippen LogP contribution in [0.2, 0.25) is 0 Å². The van der Waals surface area contributed by atoms with Gasteiger partial charge in [-0.2, -0.15) is 0 Å². The molecule has 0 fully saturated rings. The zero-order valence-electron chi connectivity index (χ0n) is 8.31. The van der Waals surface area contributed by atoms with E-state index in [1.54, 1.807) is 0 Å². The van der Waals surface area contributed by atoms with E-state index in [9.17, 15) is 4.79 Å². The third-order valence-electron chi connectivity index (χ3n) is 2.38. The molecule has 1 heterocycles. The monoisotopic (exact) mass is 200 g/mol. The smallest absolute Gasteiger partial charge is 0.212 e. The summed E-state index contributed by atoms with van der Waals surface area (Å²) in [4.78, 5) is 14.4. The molecule has 1 aromatic carbocycles. The number of hydrogen-bond donors (Lipinski definition) is 1. The van der Waals surface area contributed by atoms with Gasteiger partial charge < -0.3 is 5.32 Å². The highest BCUT2D eigenvalue weighted by Gasteiger charge is 2.08. The molecule has 2 rings (SSSR count). The Labute approximate surface area is 88.5 Å². The molecule has 0 aromatic heterocycles. The molecule has 15 heavy (non-hydrogen) atoms. The Bertz CT molecular complexity index is 407. The Balaban J connectivity index is 2.17. The van der Waals surface area contributed by atoms with E-state index in [4.69, 9.17) is 0 Å². The molecule has 1 aliphatic heterocycles. The summed E-state index contributed by atoms with van der Waals surface area (Å²) in [7, 11) is 0. The van der Waals surface area contributed by atoms with Crippen molar-refractivity contribution in [1.82, 2.24) is 5.32 Å². The lowest BCUT2D eigenvalue weighted by Gasteiger charge is -2.12. The minimum Gasteiger partial charge on any atom is -0.317 e. The number of benzene rings is 1. The second-order valence-electron chi connectivity index (χ2n) is 3.36. The number of carbonyl (C=O) groups excluding carboxylic acids is 1. The second kappa shape index (κ2) is 4.55. The fourth-order valence-electron chi connectivity index (χ4n) is 1.59. The van der Waals surface area contributed by atoms with Crippen molar-refractivity contribution in [3.05, 3.63) is 42.1 Å². The number of aliphatic imine (C=N–C) groups is 1. The molecule has 1 aliphatic rings. The summed E-state index contributed by atoms with van der Waals surface area (Å²) in [6.45, 7) is 0. The Morgan fingerprint density at radius 2 is 2.00 bits per heavy atom. The third-order valence-corrected chi connectivity index (χ3v) is 2.38. The first kappa shape index (κ1) is 9.65. The van der Waals surface area contributed by atoms with Crippen LogP contribution in [0.5, 0.6) is 0 Å².